The fourth-order valence-electron chi connectivity index (χ4n) is 1.83. The summed E-state index contributed by atoms with van der Waals surface area (Å²) in [6.45, 7) is 4.13. The maximum atomic E-state index is 6.23. The number of ether oxygens (including phenoxy) is 1. The minimum absolute atomic E-state index is 0.349. The van der Waals surface area contributed by atoms with Crippen molar-refractivity contribution in [2.75, 3.05) is 6.54 Å². The Kier molecular flexibility index (Phi) is 6.19. The number of halogens is 3. The van der Waals surface area contributed by atoms with Gasteiger partial charge in [-0.15, -0.1) is 0 Å². The Hall–Kier alpha value is -0.930. The summed E-state index contributed by atoms with van der Waals surface area (Å²) in [6, 6.07) is 11.1. The Morgan fingerprint density at radius 1 is 1.00 bits per heavy atom. The van der Waals surface area contributed by atoms with Crippen LogP contribution in [0.25, 0.3) is 0 Å². The molecule has 0 spiro atoms. The van der Waals surface area contributed by atoms with Crippen molar-refractivity contribution in [1.82, 2.24) is 5.32 Å². The van der Waals surface area contributed by atoms with E-state index in [9.17, 15) is 0 Å². The van der Waals surface area contributed by atoms with E-state index in [1.54, 1.807) is 12.1 Å². The summed E-state index contributed by atoms with van der Waals surface area (Å²) in [5.74, 6) is 0.642. The van der Waals surface area contributed by atoms with Crippen molar-refractivity contribution in [3.05, 3.63) is 62.6 Å². The Labute approximate surface area is 140 Å². The van der Waals surface area contributed by atoms with Crippen LogP contribution >= 0.6 is 34.8 Å². The highest BCUT2D eigenvalue weighted by molar-refractivity contribution is 6.35. The fraction of sp³-hybridized carbons (Fsp3) is 0.250. The van der Waals surface area contributed by atoms with Crippen LogP contribution in [0.5, 0.6) is 5.75 Å². The molecule has 0 unspecified atom stereocenters. The highest BCUT2D eigenvalue weighted by Crippen LogP contribution is 2.28. The molecule has 0 fully saturated rings. The lowest BCUT2D eigenvalue weighted by Crippen LogP contribution is -2.11. The van der Waals surface area contributed by atoms with E-state index in [0.29, 0.717) is 27.4 Å². The van der Waals surface area contributed by atoms with Crippen molar-refractivity contribution in [3.63, 3.8) is 0 Å². The summed E-state index contributed by atoms with van der Waals surface area (Å²) in [7, 11) is 0. The standard InChI is InChI=1S/C16H16Cl3NO/c1-2-20-9-11-3-6-16(15(19)7-11)21-10-12-4-5-13(17)8-14(12)18/h3-8,20H,2,9-10H2,1H3. The predicted octanol–water partition coefficient (Wildman–Crippen LogP) is 5.34. The van der Waals surface area contributed by atoms with Crippen molar-refractivity contribution in [3.8, 4) is 5.75 Å². The molecule has 0 aliphatic rings. The molecule has 0 aliphatic carbocycles. The zero-order chi connectivity index (χ0) is 15.2. The zero-order valence-electron chi connectivity index (χ0n) is 11.6. The van der Waals surface area contributed by atoms with Crippen LogP contribution in [0.2, 0.25) is 15.1 Å². The molecule has 2 aromatic rings. The van der Waals surface area contributed by atoms with E-state index < -0.39 is 0 Å². The number of hydrogen-bond donors (Lipinski definition) is 1. The third-order valence-corrected chi connectivity index (χ3v) is 3.86. The minimum Gasteiger partial charge on any atom is -0.487 e. The van der Waals surface area contributed by atoms with Crippen molar-refractivity contribution >= 4 is 34.8 Å². The monoisotopic (exact) mass is 343 g/mol. The van der Waals surface area contributed by atoms with Crippen molar-refractivity contribution < 1.29 is 4.74 Å². The SMILES string of the molecule is CCNCc1ccc(OCc2ccc(Cl)cc2Cl)c(Cl)c1. The summed E-state index contributed by atoms with van der Waals surface area (Å²) in [5, 5.41) is 5.04. The Balaban J connectivity index is 2.02. The smallest absolute Gasteiger partial charge is 0.138 e. The molecule has 2 nitrogen and oxygen atoms in total. The van der Waals surface area contributed by atoms with Gasteiger partial charge < -0.3 is 10.1 Å². The molecule has 1 N–H and O–H groups in total. The average Bonchev–Trinajstić information content (AvgIpc) is 2.45. The topological polar surface area (TPSA) is 21.3 Å². The highest BCUT2D eigenvalue weighted by Gasteiger charge is 2.06. The number of hydrogen-bond acceptors (Lipinski definition) is 2. The molecule has 0 aromatic heterocycles. The Morgan fingerprint density at radius 2 is 1.81 bits per heavy atom. The maximum absolute atomic E-state index is 6.23. The molecule has 0 aliphatic heterocycles. The largest absolute Gasteiger partial charge is 0.487 e. The van der Waals surface area contributed by atoms with Crippen LogP contribution in [0.1, 0.15) is 18.1 Å². The van der Waals surface area contributed by atoms with Gasteiger partial charge >= 0.3 is 0 Å². The molecule has 0 saturated carbocycles. The van der Waals surface area contributed by atoms with Crippen LogP contribution in [0.15, 0.2) is 36.4 Å². The van der Waals surface area contributed by atoms with Crippen molar-refractivity contribution in [1.29, 1.82) is 0 Å². The number of nitrogens with one attached hydrogen (secondary N) is 1. The molecule has 0 bridgehead atoms. The van der Waals surface area contributed by atoms with Crippen LogP contribution in [-0.2, 0) is 13.2 Å². The van der Waals surface area contributed by atoms with E-state index in [1.165, 1.54) is 0 Å². The molecule has 2 aromatic carbocycles. The quantitative estimate of drug-likeness (QED) is 0.764. The molecule has 0 atom stereocenters. The summed E-state index contributed by atoms with van der Waals surface area (Å²) < 4.78 is 5.72. The average molecular weight is 345 g/mol. The van der Waals surface area contributed by atoms with E-state index in [1.807, 2.05) is 24.3 Å². The first-order valence-electron chi connectivity index (χ1n) is 6.66. The number of rotatable bonds is 6. The molecule has 112 valence electrons. The van der Waals surface area contributed by atoms with Gasteiger partial charge in [0.25, 0.3) is 0 Å². The van der Waals surface area contributed by atoms with Crippen molar-refractivity contribution in [2.24, 2.45) is 0 Å². The number of benzene rings is 2. The first-order chi connectivity index (χ1) is 10.1. The second-order valence-corrected chi connectivity index (χ2v) is 5.82. The maximum Gasteiger partial charge on any atom is 0.138 e. The van der Waals surface area contributed by atoms with Crippen LogP contribution in [0, 0.1) is 0 Å². The first-order valence-corrected chi connectivity index (χ1v) is 7.79. The van der Waals surface area contributed by atoms with Gasteiger partial charge in [-0.05, 0) is 36.4 Å². The zero-order valence-corrected chi connectivity index (χ0v) is 13.9. The van der Waals surface area contributed by atoms with Gasteiger partial charge in [0, 0.05) is 22.2 Å². The van der Waals surface area contributed by atoms with E-state index in [2.05, 4.69) is 12.2 Å². The predicted molar refractivity (Wildman–Crippen MR) is 89.6 cm³/mol. The normalized spacial score (nSPS) is 10.7. The van der Waals surface area contributed by atoms with Gasteiger partial charge in [0.15, 0.2) is 0 Å². The van der Waals surface area contributed by atoms with Gasteiger partial charge in [0.2, 0.25) is 0 Å². The Morgan fingerprint density at radius 3 is 2.48 bits per heavy atom. The van der Waals surface area contributed by atoms with Gasteiger partial charge in [-0.3, -0.25) is 0 Å². The lowest BCUT2D eigenvalue weighted by atomic mass is 10.2. The van der Waals surface area contributed by atoms with Crippen LogP contribution in [0.3, 0.4) is 0 Å². The summed E-state index contributed by atoms with van der Waals surface area (Å²) >= 11 is 18.2. The van der Waals surface area contributed by atoms with E-state index >= 15 is 0 Å². The van der Waals surface area contributed by atoms with Gasteiger partial charge in [0.05, 0.1) is 5.02 Å². The van der Waals surface area contributed by atoms with Gasteiger partial charge in [-0.1, -0.05) is 53.9 Å². The third kappa shape index (κ3) is 4.79. The highest BCUT2D eigenvalue weighted by atomic mass is 35.5. The summed E-state index contributed by atoms with van der Waals surface area (Å²) in [4.78, 5) is 0. The molecular weight excluding hydrogens is 329 g/mol. The van der Waals surface area contributed by atoms with E-state index in [0.717, 1.165) is 24.2 Å². The molecule has 0 radical (unpaired) electrons. The van der Waals surface area contributed by atoms with Crippen molar-refractivity contribution in [2.45, 2.75) is 20.1 Å². The molecule has 0 heterocycles. The minimum atomic E-state index is 0.349. The molecule has 0 amide bonds. The molecule has 21 heavy (non-hydrogen) atoms. The Bertz CT molecular complexity index is 616. The molecule has 5 heteroatoms. The van der Waals surface area contributed by atoms with Crippen LogP contribution in [-0.4, -0.2) is 6.54 Å². The van der Waals surface area contributed by atoms with E-state index in [-0.39, 0.29) is 0 Å². The van der Waals surface area contributed by atoms with Crippen LogP contribution < -0.4 is 10.1 Å². The lowest BCUT2D eigenvalue weighted by molar-refractivity contribution is 0.306. The van der Waals surface area contributed by atoms with Crippen LogP contribution in [0.4, 0.5) is 0 Å². The lowest BCUT2D eigenvalue weighted by Gasteiger charge is -2.11. The second kappa shape index (κ2) is 7.90. The molecule has 0 saturated heterocycles. The second-order valence-electron chi connectivity index (χ2n) is 4.57. The van der Waals surface area contributed by atoms with E-state index in [4.69, 9.17) is 39.5 Å². The summed E-state index contributed by atoms with van der Waals surface area (Å²) in [5.41, 5.74) is 1.99. The fourth-order valence-corrected chi connectivity index (χ4v) is 2.56. The van der Waals surface area contributed by atoms with Gasteiger partial charge in [0.1, 0.15) is 12.4 Å². The molecular formula is C16H16Cl3NO. The third-order valence-electron chi connectivity index (χ3n) is 2.97. The van der Waals surface area contributed by atoms with Gasteiger partial charge in [-0.25, -0.2) is 0 Å². The van der Waals surface area contributed by atoms with Gasteiger partial charge in [-0.2, -0.15) is 0 Å². The first kappa shape index (κ1) is 16.4. The molecule has 2 rings (SSSR count). The summed E-state index contributed by atoms with van der Waals surface area (Å²) in [6.07, 6.45) is 0.